The summed E-state index contributed by atoms with van der Waals surface area (Å²) in [7, 11) is 0. The highest BCUT2D eigenvalue weighted by atomic mass is 32.1. The summed E-state index contributed by atoms with van der Waals surface area (Å²) in [5, 5.41) is 3.20. The number of benzene rings is 1. The average Bonchev–Trinajstić information content (AvgIpc) is 2.75. The van der Waals surface area contributed by atoms with E-state index in [9.17, 15) is 0 Å². The zero-order valence-electron chi connectivity index (χ0n) is 11.3. The minimum absolute atomic E-state index is 0.646. The Bertz CT molecular complexity index is 583. The van der Waals surface area contributed by atoms with Crippen LogP contribution in [0.2, 0.25) is 0 Å². The van der Waals surface area contributed by atoms with Gasteiger partial charge in [0.2, 0.25) is 0 Å². The van der Waals surface area contributed by atoms with Gasteiger partial charge in [0.15, 0.2) is 11.5 Å². The van der Waals surface area contributed by atoms with Crippen LogP contribution in [0.25, 0.3) is 0 Å². The van der Waals surface area contributed by atoms with Crippen LogP contribution in [-0.2, 0) is 12.8 Å². The van der Waals surface area contributed by atoms with Gasteiger partial charge in [-0.05, 0) is 24.2 Å². The summed E-state index contributed by atoms with van der Waals surface area (Å²) < 4.78 is 11.3. The smallest absolute Gasteiger partial charge is 0.161 e. The molecule has 0 radical (unpaired) electrons. The first-order valence-corrected chi connectivity index (χ1v) is 7.75. The predicted octanol–water partition coefficient (Wildman–Crippen LogP) is 2.40. The molecule has 0 spiro atoms. The Morgan fingerprint density at radius 1 is 1.20 bits per heavy atom. The molecule has 0 fully saturated rings. The molecule has 0 aliphatic carbocycles. The fraction of sp³-hybridized carbons (Fsp3) is 0.400. The number of thiazole rings is 1. The molecule has 0 saturated carbocycles. The summed E-state index contributed by atoms with van der Waals surface area (Å²) in [5.74, 6) is 1.69. The lowest BCUT2D eigenvalue weighted by atomic mass is 10.1. The summed E-state index contributed by atoms with van der Waals surface area (Å²) in [4.78, 5) is 4.59. The Hall–Kier alpha value is -1.59. The van der Waals surface area contributed by atoms with Crippen molar-refractivity contribution in [3.63, 3.8) is 0 Å². The molecule has 1 aromatic carbocycles. The van der Waals surface area contributed by atoms with Crippen LogP contribution in [0.4, 0.5) is 0 Å². The van der Waals surface area contributed by atoms with E-state index in [0.717, 1.165) is 48.1 Å². The van der Waals surface area contributed by atoms with Crippen molar-refractivity contribution < 1.29 is 9.47 Å². The SMILES string of the molecule is NCCc1csc(Cc2ccc3c(c2)OCCCO3)n1. The van der Waals surface area contributed by atoms with Gasteiger partial charge in [-0.1, -0.05) is 6.07 Å². The monoisotopic (exact) mass is 290 g/mol. The largest absolute Gasteiger partial charge is 0.490 e. The molecule has 2 aromatic rings. The van der Waals surface area contributed by atoms with Gasteiger partial charge in [0.25, 0.3) is 0 Å². The lowest BCUT2D eigenvalue weighted by Crippen LogP contribution is -2.03. The minimum atomic E-state index is 0.646. The maximum Gasteiger partial charge on any atom is 0.161 e. The van der Waals surface area contributed by atoms with E-state index in [2.05, 4.69) is 22.5 Å². The number of fused-ring (bicyclic) bond motifs is 1. The van der Waals surface area contributed by atoms with Crippen molar-refractivity contribution in [2.24, 2.45) is 5.73 Å². The molecule has 2 N–H and O–H groups in total. The van der Waals surface area contributed by atoms with E-state index in [1.165, 1.54) is 5.56 Å². The van der Waals surface area contributed by atoms with E-state index in [4.69, 9.17) is 15.2 Å². The van der Waals surface area contributed by atoms with Gasteiger partial charge < -0.3 is 15.2 Å². The number of hydrogen-bond donors (Lipinski definition) is 1. The number of aromatic nitrogens is 1. The van der Waals surface area contributed by atoms with Crippen LogP contribution in [0.15, 0.2) is 23.6 Å². The molecule has 106 valence electrons. The number of rotatable bonds is 4. The second-order valence-corrected chi connectivity index (χ2v) is 5.72. The molecule has 5 heteroatoms. The molecule has 0 unspecified atom stereocenters. The zero-order chi connectivity index (χ0) is 13.8. The van der Waals surface area contributed by atoms with Crippen LogP contribution < -0.4 is 15.2 Å². The zero-order valence-corrected chi connectivity index (χ0v) is 12.1. The normalized spacial score (nSPS) is 14.1. The van der Waals surface area contributed by atoms with Crippen molar-refractivity contribution >= 4 is 11.3 Å². The Morgan fingerprint density at radius 2 is 2.05 bits per heavy atom. The van der Waals surface area contributed by atoms with Crippen LogP contribution in [0.1, 0.15) is 22.7 Å². The van der Waals surface area contributed by atoms with E-state index in [-0.39, 0.29) is 0 Å². The van der Waals surface area contributed by atoms with Crippen molar-refractivity contribution in [3.05, 3.63) is 39.8 Å². The molecule has 1 aliphatic heterocycles. The fourth-order valence-electron chi connectivity index (χ4n) is 2.19. The van der Waals surface area contributed by atoms with Gasteiger partial charge in [0.1, 0.15) is 0 Å². The Morgan fingerprint density at radius 3 is 2.90 bits per heavy atom. The van der Waals surface area contributed by atoms with Crippen LogP contribution >= 0.6 is 11.3 Å². The molecule has 4 nitrogen and oxygen atoms in total. The number of nitrogens with two attached hydrogens (primary N) is 1. The third-order valence-electron chi connectivity index (χ3n) is 3.17. The summed E-state index contributed by atoms with van der Waals surface area (Å²) in [6.45, 7) is 2.09. The van der Waals surface area contributed by atoms with Crippen molar-refractivity contribution in [1.29, 1.82) is 0 Å². The molecule has 0 amide bonds. The maximum atomic E-state index is 5.71. The molecule has 20 heavy (non-hydrogen) atoms. The highest BCUT2D eigenvalue weighted by molar-refractivity contribution is 7.09. The molecular weight excluding hydrogens is 272 g/mol. The number of nitrogens with zero attached hydrogens (tertiary/aromatic N) is 1. The Balaban J connectivity index is 1.75. The minimum Gasteiger partial charge on any atom is -0.490 e. The van der Waals surface area contributed by atoms with Gasteiger partial charge in [-0.25, -0.2) is 4.98 Å². The Labute approximate surface area is 122 Å². The standard InChI is InChI=1S/C15H18N2O2S/c16-5-4-12-10-20-15(17-12)9-11-2-3-13-14(8-11)19-7-1-6-18-13/h2-3,8,10H,1,4-7,9,16H2. The summed E-state index contributed by atoms with van der Waals surface area (Å²) in [5.41, 5.74) is 7.83. The van der Waals surface area contributed by atoms with Crippen molar-refractivity contribution in [1.82, 2.24) is 4.98 Å². The van der Waals surface area contributed by atoms with E-state index < -0.39 is 0 Å². The average molecular weight is 290 g/mol. The van der Waals surface area contributed by atoms with Gasteiger partial charge in [0, 0.05) is 24.6 Å². The van der Waals surface area contributed by atoms with E-state index >= 15 is 0 Å². The molecule has 0 atom stereocenters. The molecule has 0 saturated heterocycles. The maximum absolute atomic E-state index is 5.71. The van der Waals surface area contributed by atoms with Gasteiger partial charge in [-0.3, -0.25) is 0 Å². The van der Waals surface area contributed by atoms with Crippen molar-refractivity contribution in [2.75, 3.05) is 19.8 Å². The third kappa shape index (κ3) is 3.11. The first-order valence-electron chi connectivity index (χ1n) is 6.87. The second-order valence-electron chi connectivity index (χ2n) is 4.78. The molecular formula is C15H18N2O2S. The molecule has 1 aliphatic rings. The highest BCUT2D eigenvalue weighted by Gasteiger charge is 2.11. The first kappa shape index (κ1) is 13.4. The van der Waals surface area contributed by atoms with Crippen molar-refractivity contribution in [2.45, 2.75) is 19.3 Å². The van der Waals surface area contributed by atoms with Gasteiger partial charge in [0.05, 0.1) is 23.9 Å². The van der Waals surface area contributed by atoms with E-state index in [1.54, 1.807) is 11.3 Å². The van der Waals surface area contributed by atoms with Gasteiger partial charge >= 0.3 is 0 Å². The van der Waals surface area contributed by atoms with Crippen LogP contribution in [0, 0.1) is 0 Å². The predicted molar refractivity (Wildman–Crippen MR) is 79.7 cm³/mol. The summed E-state index contributed by atoms with van der Waals surface area (Å²) in [6.07, 6.45) is 2.60. The van der Waals surface area contributed by atoms with Crippen LogP contribution in [0.5, 0.6) is 11.5 Å². The van der Waals surface area contributed by atoms with Crippen molar-refractivity contribution in [3.8, 4) is 11.5 Å². The first-order chi connectivity index (χ1) is 9.85. The lowest BCUT2D eigenvalue weighted by Gasteiger charge is -2.08. The number of hydrogen-bond acceptors (Lipinski definition) is 5. The summed E-state index contributed by atoms with van der Waals surface area (Å²) >= 11 is 1.69. The fourth-order valence-corrected chi connectivity index (χ4v) is 3.05. The van der Waals surface area contributed by atoms with Gasteiger partial charge in [-0.2, -0.15) is 0 Å². The quantitative estimate of drug-likeness (QED) is 0.939. The molecule has 2 heterocycles. The van der Waals surface area contributed by atoms with E-state index in [1.807, 2.05) is 6.07 Å². The molecule has 1 aromatic heterocycles. The van der Waals surface area contributed by atoms with Gasteiger partial charge in [-0.15, -0.1) is 11.3 Å². The number of ether oxygens (including phenoxy) is 2. The third-order valence-corrected chi connectivity index (χ3v) is 4.06. The Kier molecular flexibility index (Phi) is 4.18. The van der Waals surface area contributed by atoms with E-state index in [0.29, 0.717) is 13.2 Å². The second kappa shape index (κ2) is 6.24. The molecule has 3 rings (SSSR count). The molecule has 0 bridgehead atoms. The summed E-state index contributed by atoms with van der Waals surface area (Å²) in [6, 6.07) is 6.13. The highest BCUT2D eigenvalue weighted by Crippen LogP contribution is 2.31. The topological polar surface area (TPSA) is 57.4 Å². The van der Waals surface area contributed by atoms with Crippen LogP contribution in [0.3, 0.4) is 0 Å². The van der Waals surface area contributed by atoms with Crippen LogP contribution in [-0.4, -0.2) is 24.7 Å². The lowest BCUT2D eigenvalue weighted by molar-refractivity contribution is 0.297.